The van der Waals surface area contributed by atoms with Crippen LogP contribution in [0, 0.1) is 0 Å². The molecule has 3 heterocycles. The smallest absolute Gasteiger partial charge is 0.101 e. The first-order chi connectivity index (χ1) is 18.4. The predicted molar refractivity (Wildman–Crippen MR) is 155 cm³/mol. The van der Waals surface area contributed by atoms with E-state index in [1.807, 2.05) is 0 Å². The molecule has 0 unspecified atom stereocenters. The van der Waals surface area contributed by atoms with Crippen molar-refractivity contribution in [3.63, 3.8) is 0 Å². The first-order valence-electron chi connectivity index (χ1n) is 15.2. The van der Waals surface area contributed by atoms with E-state index in [-0.39, 0.29) is 0 Å². The van der Waals surface area contributed by atoms with Crippen LogP contribution in [0.2, 0.25) is 0 Å². The van der Waals surface area contributed by atoms with Crippen LogP contribution >= 0.6 is 0 Å². The van der Waals surface area contributed by atoms with Crippen LogP contribution in [0.25, 0.3) is 0 Å². The number of nitrogens with two attached hydrogens (primary N) is 1. The molecule has 2 N–H and O–H groups in total. The van der Waals surface area contributed by atoms with E-state index >= 15 is 0 Å². The maximum Gasteiger partial charge on any atom is 0.101 e. The molecule has 0 amide bonds. The van der Waals surface area contributed by atoms with Gasteiger partial charge in [0.15, 0.2) is 0 Å². The number of quaternary nitrogens is 1. The van der Waals surface area contributed by atoms with Crippen LogP contribution in [0.4, 0.5) is 0 Å². The normalized spacial score (nSPS) is 20.3. The quantitative estimate of drug-likeness (QED) is 0.367. The molecule has 3 aliphatic rings. The zero-order valence-corrected chi connectivity index (χ0v) is 23.3. The maximum absolute atomic E-state index is 5.92. The van der Waals surface area contributed by atoms with E-state index in [1.54, 1.807) is 0 Å². The van der Waals surface area contributed by atoms with Gasteiger partial charge < -0.3 is 14.8 Å². The van der Waals surface area contributed by atoms with E-state index in [2.05, 4.69) is 66.0 Å². The van der Waals surface area contributed by atoms with Gasteiger partial charge in [0.05, 0.1) is 13.2 Å². The fourth-order valence-electron chi connectivity index (χ4n) is 4.91. The lowest BCUT2D eigenvalue weighted by atomic mass is 10.1. The molecule has 2 aromatic rings. The van der Waals surface area contributed by atoms with Crippen molar-refractivity contribution in [1.29, 1.82) is 0 Å². The molecule has 3 aliphatic heterocycles. The molecule has 0 aromatic heterocycles. The van der Waals surface area contributed by atoms with Crippen LogP contribution in [0.1, 0.15) is 112 Å². The first kappa shape index (κ1) is 29.6. The van der Waals surface area contributed by atoms with Crippen LogP contribution in [-0.2, 0) is 35.8 Å². The second kappa shape index (κ2) is 20.1. The molecule has 37 heavy (non-hydrogen) atoms. The van der Waals surface area contributed by atoms with Crippen molar-refractivity contribution < 1.29 is 14.8 Å². The monoisotopic (exact) mass is 506 g/mol. The van der Waals surface area contributed by atoms with Gasteiger partial charge in [-0.15, -0.1) is 0 Å². The van der Waals surface area contributed by atoms with Crippen molar-refractivity contribution in [2.45, 2.75) is 116 Å². The SMILES string of the molecule is C1=C\CCCCCCCCOCc2ccc(cc2)C[NH2+]Cc2ccc(cc2)COCCCCCCCC/1. The number of allylic oxidation sites excluding steroid dienone is 2. The van der Waals surface area contributed by atoms with Gasteiger partial charge in [-0.2, -0.15) is 0 Å². The number of ether oxygens (including phenoxy) is 2. The van der Waals surface area contributed by atoms with Gasteiger partial charge in [-0.05, 0) is 49.7 Å². The van der Waals surface area contributed by atoms with E-state index < -0.39 is 0 Å². The van der Waals surface area contributed by atoms with Crippen LogP contribution in [0.15, 0.2) is 60.7 Å². The average Bonchev–Trinajstić information content (AvgIpc) is 2.92. The molecule has 204 valence electrons. The standard InChI is InChI=1S/C34H51NO2/c1-2-4-6-8-10-12-14-16-26-37-30-34-23-19-32(20-24-34)28-35-27-31-17-21-33(22-18-31)29-36-25-15-13-11-9-7-5-3-1/h1-2,17-24,35H,3-16,25-30H2/p+1/b2-1-. The number of rotatable bonds is 0. The van der Waals surface area contributed by atoms with Crippen LogP contribution in [-0.4, -0.2) is 13.2 Å². The van der Waals surface area contributed by atoms with Crippen molar-refractivity contribution in [2.24, 2.45) is 0 Å². The Morgan fingerprint density at radius 2 is 0.757 bits per heavy atom. The average molecular weight is 507 g/mol. The molecule has 5 rings (SSSR count). The number of benzene rings is 2. The van der Waals surface area contributed by atoms with Crippen molar-refractivity contribution in [2.75, 3.05) is 13.2 Å². The van der Waals surface area contributed by atoms with E-state index in [9.17, 15) is 0 Å². The minimum Gasteiger partial charge on any atom is -0.377 e. The maximum atomic E-state index is 5.92. The third kappa shape index (κ3) is 14.5. The van der Waals surface area contributed by atoms with Gasteiger partial charge in [0.1, 0.15) is 13.1 Å². The summed E-state index contributed by atoms with van der Waals surface area (Å²) in [6, 6.07) is 17.9. The highest BCUT2D eigenvalue weighted by molar-refractivity contribution is 5.22. The number of hydrogen-bond acceptors (Lipinski definition) is 2. The predicted octanol–water partition coefficient (Wildman–Crippen LogP) is 8.01. The molecule has 2 aromatic carbocycles. The second-order valence-corrected chi connectivity index (χ2v) is 10.7. The van der Waals surface area contributed by atoms with Crippen LogP contribution in [0.5, 0.6) is 0 Å². The lowest BCUT2D eigenvalue weighted by Gasteiger charge is -2.07. The molecule has 0 saturated carbocycles. The van der Waals surface area contributed by atoms with Crippen molar-refractivity contribution in [3.05, 3.63) is 82.9 Å². The van der Waals surface area contributed by atoms with Gasteiger partial charge in [-0.3, -0.25) is 0 Å². The van der Waals surface area contributed by atoms with E-state index in [1.165, 1.54) is 112 Å². The van der Waals surface area contributed by atoms with Crippen molar-refractivity contribution in [3.8, 4) is 0 Å². The zero-order valence-electron chi connectivity index (χ0n) is 23.3. The van der Waals surface area contributed by atoms with Crippen LogP contribution < -0.4 is 5.32 Å². The Kier molecular flexibility index (Phi) is 16.1. The molecule has 0 atom stereocenters. The zero-order chi connectivity index (χ0) is 25.6. The Morgan fingerprint density at radius 1 is 0.405 bits per heavy atom. The Hall–Kier alpha value is -1.94. The summed E-state index contributed by atoms with van der Waals surface area (Å²) in [5.74, 6) is 0. The summed E-state index contributed by atoms with van der Waals surface area (Å²) < 4.78 is 11.8. The number of fused-ring (bicyclic) bond motifs is 2. The summed E-state index contributed by atoms with van der Waals surface area (Å²) in [7, 11) is 0. The highest BCUT2D eigenvalue weighted by Crippen LogP contribution is 2.12. The van der Waals surface area contributed by atoms with Gasteiger partial charge in [-0.1, -0.05) is 112 Å². The molecule has 0 spiro atoms. The summed E-state index contributed by atoms with van der Waals surface area (Å²) in [4.78, 5) is 0. The van der Waals surface area contributed by atoms with Gasteiger partial charge in [-0.25, -0.2) is 0 Å². The Labute approximate surface area is 227 Å². The minimum absolute atomic E-state index is 0.729. The molecule has 0 saturated heterocycles. The van der Waals surface area contributed by atoms with Crippen LogP contribution in [0.3, 0.4) is 0 Å². The summed E-state index contributed by atoms with van der Waals surface area (Å²) >= 11 is 0. The van der Waals surface area contributed by atoms with E-state index in [4.69, 9.17) is 9.47 Å². The molecule has 3 nitrogen and oxygen atoms in total. The third-order valence-electron chi connectivity index (χ3n) is 7.33. The summed E-state index contributed by atoms with van der Waals surface area (Å²) in [6.07, 6.45) is 23.1. The fourth-order valence-corrected chi connectivity index (χ4v) is 4.91. The lowest BCUT2D eigenvalue weighted by molar-refractivity contribution is -0.686. The topological polar surface area (TPSA) is 35.1 Å². The molecule has 0 fully saturated rings. The first-order valence-corrected chi connectivity index (χ1v) is 15.2. The molecule has 4 bridgehead atoms. The van der Waals surface area contributed by atoms with Gasteiger partial charge in [0, 0.05) is 24.3 Å². The molecule has 0 aliphatic carbocycles. The fraction of sp³-hybridized carbons (Fsp3) is 0.588. The summed E-state index contributed by atoms with van der Waals surface area (Å²) in [5, 5.41) is 2.37. The summed E-state index contributed by atoms with van der Waals surface area (Å²) in [5.41, 5.74) is 5.28. The van der Waals surface area contributed by atoms with Gasteiger partial charge in [0.25, 0.3) is 0 Å². The molecular weight excluding hydrogens is 454 g/mol. The highest BCUT2D eigenvalue weighted by Gasteiger charge is 2.01. The highest BCUT2D eigenvalue weighted by atomic mass is 16.5. The van der Waals surface area contributed by atoms with E-state index in [0.717, 1.165) is 39.5 Å². The Morgan fingerprint density at radius 3 is 1.19 bits per heavy atom. The van der Waals surface area contributed by atoms with Gasteiger partial charge >= 0.3 is 0 Å². The number of hydrogen-bond donors (Lipinski definition) is 1. The molecule has 0 radical (unpaired) electrons. The van der Waals surface area contributed by atoms with Crippen molar-refractivity contribution in [1.82, 2.24) is 0 Å². The Bertz CT molecular complexity index is 758. The summed E-state index contributed by atoms with van der Waals surface area (Å²) in [6.45, 7) is 5.22. The van der Waals surface area contributed by atoms with E-state index in [0.29, 0.717) is 0 Å². The lowest BCUT2D eigenvalue weighted by Crippen LogP contribution is -2.80. The third-order valence-corrected chi connectivity index (χ3v) is 7.33. The minimum atomic E-state index is 0.729. The largest absolute Gasteiger partial charge is 0.377 e. The Balaban J connectivity index is 1.37. The molecular formula is C34H52NO2+. The van der Waals surface area contributed by atoms with Gasteiger partial charge in [0.2, 0.25) is 0 Å². The molecule has 3 heteroatoms. The van der Waals surface area contributed by atoms with Crippen molar-refractivity contribution >= 4 is 0 Å². The second-order valence-electron chi connectivity index (χ2n) is 10.7.